The number of aliphatic hydroxyl groups is 2. The van der Waals surface area contributed by atoms with Crippen LogP contribution in [0.3, 0.4) is 0 Å². The first kappa shape index (κ1) is 9.86. The Morgan fingerprint density at radius 2 is 1.83 bits per heavy atom. The molecule has 0 aromatic heterocycles. The molecule has 72 valence electrons. The maximum atomic E-state index is 12.7. The number of aliphatic hydroxyl groups excluding tert-OH is 2. The predicted molar refractivity (Wildman–Crippen MR) is 40.0 cm³/mol. The van der Waals surface area contributed by atoms with Gasteiger partial charge in [-0.25, -0.2) is 8.78 Å². The molecular weight excluding hydrogens is 166 g/mol. The third-order valence-electron chi connectivity index (χ3n) is 2.49. The van der Waals surface area contributed by atoms with Crippen LogP contribution in [-0.4, -0.2) is 28.8 Å². The quantitative estimate of drug-likeness (QED) is 0.684. The monoisotopic (exact) mass is 180 g/mol. The van der Waals surface area contributed by atoms with Crippen molar-refractivity contribution >= 4 is 0 Å². The van der Waals surface area contributed by atoms with Crippen molar-refractivity contribution in [2.24, 2.45) is 5.92 Å². The van der Waals surface area contributed by atoms with E-state index in [0.717, 1.165) is 12.8 Å². The molecule has 2 N–H and O–H groups in total. The van der Waals surface area contributed by atoms with E-state index in [1.54, 1.807) is 0 Å². The summed E-state index contributed by atoms with van der Waals surface area (Å²) in [6, 6.07) is 0. The fourth-order valence-electron chi connectivity index (χ4n) is 1.71. The molecule has 12 heavy (non-hydrogen) atoms. The standard InChI is InChI=1S/C8H14F2O2/c9-8(10,5-11)7(12)6-3-1-2-4-6/h6-7,11-12H,1-5H2. The van der Waals surface area contributed by atoms with Gasteiger partial charge in [0.1, 0.15) is 12.7 Å². The number of hydrogen-bond donors (Lipinski definition) is 2. The number of alkyl halides is 2. The van der Waals surface area contributed by atoms with E-state index >= 15 is 0 Å². The third kappa shape index (κ3) is 1.93. The van der Waals surface area contributed by atoms with Gasteiger partial charge in [0.05, 0.1) is 0 Å². The molecule has 1 atom stereocenters. The summed E-state index contributed by atoms with van der Waals surface area (Å²) in [7, 11) is 0. The van der Waals surface area contributed by atoms with Crippen molar-refractivity contribution in [2.45, 2.75) is 37.7 Å². The van der Waals surface area contributed by atoms with Crippen molar-refractivity contribution in [3.05, 3.63) is 0 Å². The van der Waals surface area contributed by atoms with Crippen molar-refractivity contribution in [3.8, 4) is 0 Å². The third-order valence-corrected chi connectivity index (χ3v) is 2.49. The average Bonchev–Trinajstić information content (AvgIpc) is 2.55. The Labute approximate surface area is 70.2 Å². The largest absolute Gasteiger partial charge is 0.390 e. The van der Waals surface area contributed by atoms with E-state index < -0.39 is 18.6 Å². The SMILES string of the molecule is OCC(F)(F)C(O)C1CCCC1. The van der Waals surface area contributed by atoms with Crippen molar-refractivity contribution in [2.75, 3.05) is 6.61 Å². The Bertz CT molecular complexity index is 144. The van der Waals surface area contributed by atoms with Gasteiger partial charge in [-0.15, -0.1) is 0 Å². The molecule has 0 aromatic carbocycles. The highest BCUT2D eigenvalue weighted by Gasteiger charge is 2.43. The highest BCUT2D eigenvalue weighted by molar-refractivity contribution is 4.84. The highest BCUT2D eigenvalue weighted by Crippen LogP contribution is 2.34. The van der Waals surface area contributed by atoms with E-state index in [-0.39, 0.29) is 5.92 Å². The summed E-state index contributed by atoms with van der Waals surface area (Å²) in [5.74, 6) is -3.65. The maximum absolute atomic E-state index is 12.7. The lowest BCUT2D eigenvalue weighted by molar-refractivity contribution is -0.154. The lowest BCUT2D eigenvalue weighted by atomic mass is 9.96. The van der Waals surface area contributed by atoms with Gasteiger partial charge in [-0.2, -0.15) is 0 Å². The molecule has 4 heteroatoms. The van der Waals surface area contributed by atoms with Crippen molar-refractivity contribution < 1.29 is 19.0 Å². The number of hydrogen-bond acceptors (Lipinski definition) is 2. The molecule has 0 heterocycles. The van der Waals surface area contributed by atoms with Gasteiger partial charge in [-0.3, -0.25) is 0 Å². The van der Waals surface area contributed by atoms with Crippen LogP contribution in [0.4, 0.5) is 8.78 Å². The second kappa shape index (κ2) is 3.66. The first-order valence-electron chi connectivity index (χ1n) is 4.24. The Kier molecular flexibility index (Phi) is 3.01. The summed E-state index contributed by atoms with van der Waals surface area (Å²) in [6.45, 7) is -1.26. The van der Waals surface area contributed by atoms with E-state index in [2.05, 4.69) is 0 Å². The molecule has 1 aliphatic carbocycles. The fraction of sp³-hybridized carbons (Fsp3) is 1.00. The Balaban J connectivity index is 2.50. The molecule has 1 saturated carbocycles. The summed E-state index contributed by atoms with van der Waals surface area (Å²) >= 11 is 0. The first-order chi connectivity index (χ1) is 5.58. The summed E-state index contributed by atoms with van der Waals surface area (Å²) in [4.78, 5) is 0. The minimum atomic E-state index is -3.32. The number of halogens is 2. The highest BCUT2D eigenvalue weighted by atomic mass is 19.3. The molecule has 2 nitrogen and oxygen atoms in total. The first-order valence-corrected chi connectivity index (χ1v) is 4.24. The van der Waals surface area contributed by atoms with E-state index in [1.807, 2.05) is 0 Å². The average molecular weight is 180 g/mol. The van der Waals surface area contributed by atoms with Crippen LogP contribution in [0.1, 0.15) is 25.7 Å². The zero-order valence-electron chi connectivity index (χ0n) is 6.84. The maximum Gasteiger partial charge on any atom is 0.296 e. The molecule has 0 spiro atoms. The van der Waals surface area contributed by atoms with Gasteiger partial charge < -0.3 is 10.2 Å². The minimum absolute atomic E-state index is 0.327. The molecule has 0 bridgehead atoms. The number of rotatable bonds is 3. The zero-order valence-corrected chi connectivity index (χ0v) is 6.84. The normalized spacial score (nSPS) is 23.0. The van der Waals surface area contributed by atoms with Gasteiger partial charge in [0.2, 0.25) is 0 Å². The molecule has 0 aliphatic heterocycles. The summed E-state index contributed by atoms with van der Waals surface area (Å²) in [6.07, 6.45) is 1.45. The molecule has 1 aliphatic rings. The zero-order chi connectivity index (χ0) is 9.19. The topological polar surface area (TPSA) is 40.5 Å². The molecule has 0 radical (unpaired) electrons. The Morgan fingerprint density at radius 3 is 2.25 bits per heavy atom. The van der Waals surface area contributed by atoms with Crippen LogP contribution >= 0.6 is 0 Å². The van der Waals surface area contributed by atoms with E-state index in [0.29, 0.717) is 12.8 Å². The molecule has 0 saturated heterocycles. The smallest absolute Gasteiger partial charge is 0.296 e. The minimum Gasteiger partial charge on any atom is -0.390 e. The van der Waals surface area contributed by atoms with E-state index in [4.69, 9.17) is 10.2 Å². The fourth-order valence-corrected chi connectivity index (χ4v) is 1.71. The summed E-state index contributed by atoms with van der Waals surface area (Å²) in [5, 5.41) is 17.5. The second-order valence-corrected chi connectivity index (χ2v) is 3.41. The van der Waals surface area contributed by atoms with Crippen LogP contribution in [0.5, 0.6) is 0 Å². The van der Waals surface area contributed by atoms with Crippen LogP contribution in [0.25, 0.3) is 0 Å². The lowest BCUT2D eigenvalue weighted by Gasteiger charge is -2.25. The van der Waals surface area contributed by atoms with Crippen LogP contribution in [-0.2, 0) is 0 Å². The predicted octanol–water partition coefficient (Wildman–Crippen LogP) is 1.17. The molecule has 1 fully saturated rings. The van der Waals surface area contributed by atoms with Gasteiger partial charge in [-0.05, 0) is 18.8 Å². The van der Waals surface area contributed by atoms with Crippen LogP contribution < -0.4 is 0 Å². The van der Waals surface area contributed by atoms with Gasteiger partial charge in [0, 0.05) is 0 Å². The molecule has 1 rings (SSSR count). The van der Waals surface area contributed by atoms with Gasteiger partial charge in [0.25, 0.3) is 5.92 Å². The van der Waals surface area contributed by atoms with E-state index in [1.165, 1.54) is 0 Å². The van der Waals surface area contributed by atoms with Gasteiger partial charge in [0.15, 0.2) is 0 Å². The van der Waals surface area contributed by atoms with E-state index in [9.17, 15) is 8.78 Å². The van der Waals surface area contributed by atoms with Crippen molar-refractivity contribution in [3.63, 3.8) is 0 Å². The van der Waals surface area contributed by atoms with Crippen LogP contribution in [0, 0.1) is 5.92 Å². The van der Waals surface area contributed by atoms with Crippen LogP contribution in [0.2, 0.25) is 0 Å². The lowest BCUT2D eigenvalue weighted by Crippen LogP contribution is -2.41. The molecular formula is C8H14F2O2. The van der Waals surface area contributed by atoms with Crippen molar-refractivity contribution in [1.29, 1.82) is 0 Å². The summed E-state index contributed by atoms with van der Waals surface area (Å²) in [5.41, 5.74) is 0. The van der Waals surface area contributed by atoms with Crippen LogP contribution in [0.15, 0.2) is 0 Å². The molecule has 1 unspecified atom stereocenters. The molecule has 0 aromatic rings. The summed E-state index contributed by atoms with van der Waals surface area (Å²) < 4.78 is 25.4. The van der Waals surface area contributed by atoms with Gasteiger partial charge >= 0.3 is 0 Å². The second-order valence-electron chi connectivity index (χ2n) is 3.41. The Morgan fingerprint density at radius 1 is 1.33 bits per heavy atom. The Hall–Kier alpha value is -0.220. The van der Waals surface area contributed by atoms with Crippen molar-refractivity contribution in [1.82, 2.24) is 0 Å². The van der Waals surface area contributed by atoms with Gasteiger partial charge in [-0.1, -0.05) is 12.8 Å². The molecule has 0 amide bonds.